The van der Waals surface area contributed by atoms with Gasteiger partial charge in [-0.25, -0.2) is 0 Å². The summed E-state index contributed by atoms with van der Waals surface area (Å²) < 4.78 is 11.3. The fourth-order valence-corrected chi connectivity index (χ4v) is 9.20. The Kier molecular flexibility index (Phi) is 10.1. The highest BCUT2D eigenvalue weighted by Crippen LogP contribution is 2.43. The van der Waals surface area contributed by atoms with Crippen molar-refractivity contribution in [2.45, 2.75) is 39.0 Å². The molecule has 0 saturated heterocycles. The zero-order valence-electron chi connectivity index (χ0n) is 23.5. The van der Waals surface area contributed by atoms with Gasteiger partial charge in [0.25, 0.3) is 0 Å². The first-order valence-corrected chi connectivity index (χ1v) is 16.9. The minimum atomic E-state index is -0.221. The Hall–Kier alpha value is -2.74. The van der Waals surface area contributed by atoms with Gasteiger partial charge in [0, 0.05) is 26.4 Å². The lowest BCUT2D eigenvalue weighted by Gasteiger charge is -2.16. The molecule has 2 aliphatic carbocycles. The third kappa shape index (κ3) is 7.56. The van der Waals surface area contributed by atoms with E-state index in [4.69, 9.17) is 9.47 Å². The monoisotopic (exact) mass is 606 g/mol. The van der Waals surface area contributed by atoms with Gasteiger partial charge in [0.15, 0.2) is 0 Å². The Balaban J connectivity index is 1.18. The van der Waals surface area contributed by atoms with Crippen molar-refractivity contribution in [2.75, 3.05) is 13.2 Å². The average molecular weight is 607 g/mol. The molecule has 0 radical (unpaired) electrons. The van der Waals surface area contributed by atoms with E-state index in [-0.39, 0.29) is 24.3 Å². The van der Waals surface area contributed by atoms with Crippen molar-refractivity contribution in [1.29, 1.82) is 0 Å². The zero-order valence-corrected chi connectivity index (χ0v) is 26.0. The minimum Gasteiger partial charge on any atom is -0.466 e. The third-order valence-corrected chi connectivity index (χ3v) is 11.7. The van der Waals surface area contributed by atoms with Gasteiger partial charge in [0.1, 0.15) is 0 Å². The second-order valence-electron chi connectivity index (χ2n) is 11.2. The lowest BCUT2D eigenvalue weighted by molar-refractivity contribution is -0.144. The Morgan fingerprint density at radius 3 is 2.22 bits per heavy atom. The molecule has 5 rings (SSSR count). The molecule has 3 heterocycles. The van der Waals surface area contributed by atoms with E-state index in [1.165, 1.54) is 21.6 Å². The third-order valence-electron chi connectivity index (χ3n) is 8.45. The summed E-state index contributed by atoms with van der Waals surface area (Å²) in [5.74, 6) is 1.82. The maximum absolute atomic E-state index is 13.1. The smallest absolute Gasteiger partial charge is 0.310 e. The summed E-state index contributed by atoms with van der Waals surface area (Å²) in [5, 5.41) is 4.16. The summed E-state index contributed by atoms with van der Waals surface area (Å²) in [6, 6.07) is 10.5. The fraction of sp³-hybridized carbons (Fsp3) is 0.412. The molecule has 6 atom stereocenters. The molecular weight excluding hydrogens is 569 g/mol. The number of hydrogen-bond donors (Lipinski definition) is 0. The molecule has 2 fully saturated rings. The number of carbonyl (C=O) groups excluding carboxylic acids is 2. The molecule has 4 nitrogen and oxygen atoms in total. The average Bonchev–Trinajstić information content (AvgIpc) is 3.79. The number of thiophene rings is 3. The first kappa shape index (κ1) is 29.7. The van der Waals surface area contributed by atoms with Crippen LogP contribution in [-0.2, 0) is 25.5 Å². The van der Waals surface area contributed by atoms with Crippen LogP contribution in [-0.4, -0.2) is 25.2 Å². The number of hydrogen-bond acceptors (Lipinski definition) is 7. The van der Waals surface area contributed by atoms with Gasteiger partial charge < -0.3 is 9.47 Å². The predicted octanol–water partition coefficient (Wildman–Crippen LogP) is 9.07. The van der Waals surface area contributed by atoms with Crippen LogP contribution in [0, 0.1) is 35.5 Å². The van der Waals surface area contributed by atoms with Gasteiger partial charge in [0.05, 0.1) is 19.6 Å². The van der Waals surface area contributed by atoms with Crippen LogP contribution in [0.25, 0.3) is 19.5 Å². The van der Waals surface area contributed by atoms with Crippen LogP contribution in [0.15, 0.2) is 78.6 Å². The molecule has 0 N–H and O–H groups in total. The van der Waals surface area contributed by atoms with Crippen LogP contribution in [0.5, 0.6) is 0 Å². The van der Waals surface area contributed by atoms with E-state index < -0.39 is 0 Å². The standard InChI is InChI=1S/C34H38O4S3/c1-4-23-14-26(29(15-23)20-37-22(3)35)11-10-24-16-25(5-2)28(17-24)21-38-33(36)19-27-18-32(30-8-6-12-39-30)41-34(27)31-9-7-13-40-31/h4-13,18,23-26,28-29H,1-2,14-17,19-21H2,3H3/b11-10+. The highest BCUT2D eigenvalue weighted by molar-refractivity contribution is 7.26. The van der Waals surface area contributed by atoms with Crippen molar-refractivity contribution in [3.05, 3.63) is 84.1 Å². The van der Waals surface area contributed by atoms with E-state index in [1.54, 1.807) is 34.0 Å². The van der Waals surface area contributed by atoms with Gasteiger partial charge in [-0.05, 0) is 95.7 Å². The normalized spacial score (nSPS) is 25.9. The molecule has 2 saturated carbocycles. The number of carbonyl (C=O) groups is 2. The molecule has 7 heteroatoms. The van der Waals surface area contributed by atoms with Gasteiger partial charge in [-0.1, -0.05) is 36.4 Å². The van der Waals surface area contributed by atoms with E-state index in [0.29, 0.717) is 42.8 Å². The zero-order chi connectivity index (χ0) is 28.8. The summed E-state index contributed by atoms with van der Waals surface area (Å²) in [5.41, 5.74) is 1.04. The fourth-order valence-electron chi connectivity index (χ4n) is 6.31. The van der Waals surface area contributed by atoms with Crippen molar-refractivity contribution in [2.24, 2.45) is 35.5 Å². The molecule has 0 spiro atoms. The van der Waals surface area contributed by atoms with Crippen molar-refractivity contribution in [1.82, 2.24) is 0 Å². The lowest BCUT2D eigenvalue weighted by atomic mass is 9.94. The van der Waals surface area contributed by atoms with Crippen molar-refractivity contribution >= 4 is 45.9 Å². The number of ether oxygens (including phenoxy) is 2. The molecule has 0 amide bonds. The topological polar surface area (TPSA) is 52.6 Å². The second-order valence-corrected chi connectivity index (χ2v) is 14.2. The Morgan fingerprint density at radius 1 is 0.854 bits per heavy atom. The Bertz CT molecular complexity index is 1350. The van der Waals surface area contributed by atoms with E-state index in [9.17, 15) is 9.59 Å². The van der Waals surface area contributed by atoms with Crippen LogP contribution >= 0.6 is 34.0 Å². The van der Waals surface area contributed by atoms with Crippen molar-refractivity contribution < 1.29 is 19.1 Å². The molecule has 6 unspecified atom stereocenters. The largest absolute Gasteiger partial charge is 0.466 e. The highest BCUT2D eigenvalue weighted by atomic mass is 32.1. The van der Waals surface area contributed by atoms with Crippen LogP contribution in [0.4, 0.5) is 0 Å². The van der Waals surface area contributed by atoms with Gasteiger partial charge in [-0.3, -0.25) is 9.59 Å². The van der Waals surface area contributed by atoms with E-state index in [1.807, 2.05) is 12.2 Å². The Labute approximate surface area is 255 Å². The Morgan fingerprint density at radius 2 is 1.54 bits per heavy atom. The summed E-state index contributed by atoms with van der Waals surface area (Å²) in [4.78, 5) is 29.2. The van der Waals surface area contributed by atoms with Gasteiger partial charge in [0.2, 0.25) is 0 Å². The molecule has 216 valence electrons. The SMILES string of the molecule is C=CC1CC(/C=C/C2CC(C=C)C(COC(=O)Cc3cc(-c4cccs4)sc3-c3cccs3)C2)C(COC(C)=O)C1. The first-order chi connectivity index (χ1) is 19.9. The number of allylic oxidation sites excluding steroid dienone is 4. The van der Waals surface area contributed by atoms with Crippen molar-refractivity contribution in [3.63, 3.8) is 0 Å². The molecule has 0 aliphatic heterocycles. The van der Waals surface area contributed by atoms with Gasteiger partial charge >= 0.3 is 11.9 Å². The molecule has 0 bridgehead atoms. The van der Waals surface area contributed by atoms with Crippen LogP contribution < -0.4 is 0 Å². The van der Waals surface area contributed by atoms with Gasteiger partial charge in [-0.2, -0.15) is 0 Å². The molecule has 0 aromatic carbocycles. The van der Waals surface area contributed by atoms with Crippen LogP contribution in [0.1, 0.15) is 38.2 Å². The quantitative estimate of drug-likeness (QED) is 0.152. The van der Waals surface area contributed by atoms with E-state index >= 15 is 0 Å². The summed E-state index contributed by atoms with van der Waals surface area (Å²) in [7, 11) is 0. The van der Waals surface area contributed by atoms with E-state index in [2.05, 4.69) is 66.4 Å². The molecule has 3 aromatic heterocycles. The summed E-state index contributed by atoms with van der Waals surface area (Å²) in [6.07, 6.45) is 13.1. The maximum atomic E-state index is 13.1. The number of rotatable bonds is 12. The molecule has 2 aliphatic rings. The minimum absolute atomic E-state index is 0.171. The van der Waals surface area contributed by atoms with Crippen LogP contribution in [0.3, 0.4) is 0 Å². The molecular formula is C34H38O4S3. The lowest BCUT2D eigenvalue weighted by Crippen LogP contribution is -2.18. The second kappa shape index (κ2) is 14.0. The van der Waals surface area contributed by atoms with Crippen LogP contribution in [0.2, 0.25) is 0 Å². The van der Waals surface area contributed by atoms with E-state index in [0.717, 1.165) is 36.1 Å². The maximum Gasteiger partial charge on any atom is 0.310 e. The van der Waals surface area contributed by atoms with Gasteiger partial charge in [-0.15, -0.1) is 47.2 Å². The predicted molar refractivity (Wildman–Crippen MR) is 171 cm³/mol. The molecule has 41 heavy (non-hydrogen) atoms. The summed E-state index contributed by atoms with van der Waals surface area (Å²) in [6.45, 7) is 10.4. The highest BCUT2D eigenvalue weighted by Gasteiger charge is 2.35. The first-order valence-electron chi connectivity index (χ1n) is 14.4. The number of esters is 2. The molecule has 3 aromatic rings. The summed E-state index contributed by atoms with van der Waals surface area (Å²) >= 11 is 5.17. The van der Waals surface area contributed by atoms with Crippen molar-refractivity contribution in [3.8, 4) is 19.5 Å².